The molecule has 0 bridgehead atoms. The Morgan fingerprint density at radius 1 is 0.933 bits per heavy atom. The largest absolute Gasteiger partial charge is 0.0882 e. The normalized spacial score (nSPS) is 10.3. The van der Waals surface area contributed by atoms with Crippen LogP contribution in [0.15, 0.2) is 61.2 Å². The first-order chi connectivity index (χ1) is 7.25. The molecule has 0 nitrogen and oxygen atoms in total. The summed E-state index contributed by atoms with van der Waals surface area (Å²) in [6.07, 6.45) is 0. The van der Waals surface area contributed by atoms with Crippen LogP contribution in [0.4, 0.5) is 0 Å². The van der Waals surface area contributed by atoms with Gasteiger partial charge >= 0.3 is 0 Å². The maximum atomic E-state index is 3.53. The zero-order chi connectivity index (χ0) is 10.7. The average molecular weight is 343 g/mol. The lowest BCUT2D eigenvalue weighted by Gasteiger charge is -2.03. The van der Waals surface area contributed by atoms with Gasteiger partial charge in [0, 0.05) is 24.8 Å². The van der Waals surface area contributed by atoms with Crippen LogP contribution in [0, 0.1) is 6.07 Å². The fourth-order valence-electron chi connectivity index (χ4n) is 1.13. The standard InChI is InChI=1S/C12H7Br2S/c13-9-4-3-5-10(8-9)15-12-7-2-1-6-11(12)14/h1-7H. The Morgan fingerprint density at radius 2 is 1.73 bits per heavy atom. The van der Waals surface area contributed by atoms with Gasteiger partial charge in [-0.25, -0.2) is 0 Å². The third-order valence-electron chi connectivity index (χ3n) is 1.79. The second-order valence-electron chi connectivity index (χ2n) is 2.90. The molecule has 0 saturated heterocycles. The first-order valence-corrected chi connectivity index (χ1v) is 6.76. The topological polar surface area (TPSA) is 0 Å². The van der Waals surface area contributed by atoms with Crippen LogP contribution in [0.5, 0.6) is 0 Å². The fourth-order valence-corrected chi connectivity index (χ4v) is 3.01. The number of hydrogen-bond donors (Lipinski definition) is 0. The summed E-state index contributed by atoms with van der Waals surface area (Å²) in [7, 11) is 0. The molecule has 0 aromatic heterocycles. The van der Waals surface area contributed by atoms with Crippen molar-refractivity contribution in [1.82, 2.24) is 0 Å². The van der Waals surface area contributed by atoms with E-state index in [9.17, 15) is 0 Å². The third kappa shape index (κ3) is 3.10. The lowest BCUT2D eigenvalue weighted by molar-refractivity contribution is 1.36. The minimum Gasteiger partial charge on any atom is -0.0882 e. The molecule has 0 unspecified atom stereocenters. The van der Waals surface area contributed by atoms with Crippen molar-refractivity contribution in [3.8, 4) is 0 Å². The van der Waals surface area contributed by atoms with Crippen LogP contribution in [-0.2, 0) is 0 Å². The molecule has 0 amide bonds. The summed E-state index contributed by atoms with van der Waals surface area (Å²) in [6, 6.07) is 17.5. The first kappa shape index (κ1) is 11.2. The van der Waals surface area contributed by atoms with Crippen LogP contribution in [0.1, 0.15) is 0 Å². The van der Waals surface area contributed by atoms with E-state index in [1.165, 1.54) is 4.90 Å². The molecule has 0 spiro atoms. The van der Waals surface area contributed by atoms with E-state index in [1.807, 2.05) is 30.3 Å². The van der Waals surface area contributed by atoms with Gasteiger partial charge < -0.3 is 0 Å². The Hall–Kier alpha value is -0.250. The van der Waals surface area contributed by atoms with Crippen molar-refractivity contribution in [2.45, 2.75) is 9.79 Å². The van der Waals surface area contributed by atoms with Crippen molar-refractivity contribution in [2.24, 2.45) is 0 Å². The summed E-state index contributed by atoms with van der Waals surface area (Å²) in [5.74, 6) is 0. The molecule has 0 saturated carbocycles. The molecule has 75 valence electrons. The SMILES string of the molecule is Brc1[c]c(Sc2ccccc2Br)ccc1. The lowest BCUT2D eigenvalue weighted by Crippen LogP contribution is -1.76. The van der Waals surface area contributed by atoms with Crippen LogP contribution in [0.25, 0.3) is 0 Å². The highest BCUT2D eigenvalue weighted by molar-refractivity contribution is 9.10. The van der Waals surface area contributed by atoms with E-state index in [-0.39, 0.29) is 0 Å². The van der Waals surface area contributed by atoms with Crippen molar-refractivity contribution in [3.05, 3.63) is 57.5 Å². The van der Waals surface area contributed by atoms with Gasteiger partial charge in [-0.15, -0.1) is 0 Å². The Morgan fingerprint density at radius 3 is 2.47 bits per heavy atom. The predicted octanol–water partition coefficient (Wildman–Crippen LogP) is 5.16. The molecule has 0 aliphatic heterocycles. The molecule has 0 heterocycles. The van der Waals surface area contributed by atoms with Gasteiger partial charge in [-0.2, -0.15) is 0 Å². The summed E-state index contributed by atoms with van der Waals surface area (Å²) in [5, 5.41) is 0. The molecule has 2 rings (SSSR count). The summed E-state index contributed by atoms with van der Waals surface area (Å²) >= 11 is 8.64. The van der Waals surface area contributed by atoms with E-state index in [2.05, 4.69) is 50.1 Å². The van der Waals surface area contributed by atoms with E-state index in [4.69, 9.17) is 0 Å². The van der Waals surface area contributed by atoms with E-state index >= 15 is 0 Å². The van der Waals surface area contributed by atoms with Crippen LogP contribution < -0.4 is 0 Å². The molecule has 0 aliphatic rings. The van der Waals surface area contributed by atoms with Crippen molar-refractivity contribution in [3.63, 3.8) is 0 Å². The highest BCUT2D eigenvalue weighted by atomic mass is 79.9. The Kier molecular flexibility index (Phi) is 3.89. The monoisotopic (exact) mass is 341 g/mol. The van der Waals surface area contributed by atoms with Gasteiger partial charge in [-0.3, -0.25) is 0 Å². The summed E-state index contributed by atoms with van der Waals surface area (Å²) in [5.41, 5.74) is 0. The Labute approximate surface area is 110 Å². The molecule has 2 aromatic carbocycles. The van der Waals surface area contributed by atoms with Gasteiger partial charge in [0.25, 0.3) is 0 Å². The minimum absolute atomic E-state index is 0.986. The van der Waals surface area contributed by atoms with E-state index in [0.717, 1.165) is 13.8 Å². The predicted molar refractivity (Wildman–Crippen MR) is 71.2 cm³/mol. The van der Waals surface area contributed by atoms with E-state index < -0.39 is 0 Å². The van der Waals surface area contributed by atoms with Gasteiger partial charge in [-0.1, -0.05) is 45.9 Å². The molecule has 0 N–H and O–H groups in total. The summed E-state index contributed by atoms with van der Waals surface area (Å²) in [6.45, 7) is 0. The highest BCUT2D eigenvalue weighted by Gasteiger charge is 2.01. The maximum absolute atomic E-state index is 3.53. The van der Waals surface area contributed by atoms with Crippen LogP contribution in [-0.4, -0.2) is 0 Å². The van der Waals surface area contributed by atoms with Crippen molar-refractivity contribution < 1.29 is 0 Å². The van der Waals surface area contributed by atoms with Gasteiger partial charge in [0.1, 0.15) is 0 Å². The first-order valence-electron chi connectivity index (χ1n) is 4.36. The van der Waals surface area contributed by atoms with Crippen molar-refractivity contribution >= 4 is 43.6 Å². The number of benzene rings is 2. The Bertz CT molecular complexity index is 469. The van der Waals surface area contributed by atoms with Crippen molar-refractivity contribution in [1.29, 1.82) is 0 Å². The smallest absolute Gasteiger partial charge is 0.0314 e. The summed E-state index contributed by atoms with van der Waals surface area (Å²) < 4.78 is 2.10. The van der Waals surface area contributed by atoms with Gasteiger partial charge in [-0.05, 0) is 40.2 Å². The second-order valence-corrected chi connectivity index (χ2v) is 5.69. The van der Waals surface area contributed by atoms with Gasteiger partial charge in [0.2, 0.25) is 0 Å². The van der Waals surface area contributed by atoms with Crippen LogP contribution in [0.2, 0.25) is 0 Å². The molecule has 0 aliphatic carbocycles. The van der Waals surface area contributed by atoms with Crippen LogP contribution >= 0.6 is 43.6 Å². The summed E-state index contributed by atoms with van der Waals surface area (Å²) in [4.78, 5) is 2.31. The van der Waals surface area contributed by atoms with E-state index in [0.29, 0.717) is 0 Å². The molecular weight excluding hydrogens is 336 g/mol. The molecule has 0 atom stereocenters. The molecule has 0 fully saturated rings. The minimum atomic E-state index is 0.986. The quantitative estimate of drug-likeness (QED) is 0.726. The van der Waals surface area contributed by atoms with Crippen molar-refractivity contribution in [2.75, 3.05) is 0 Å². The molecule has 15 heavy (non-hydrogen) atoms. The number of halogens is 2. The third-order valence-corrected chi connectivity index (χ3v) is 4.24. The molecule has 1 radical (unpaired) electrons. The van der Waals surface area contributed by atoms with Gasteiger partial charge in [0.15, 0.2) is 0 Å². The molecular formula is C12H7Br2S. The number of rotatable bonds is 2. The molecule has 2 aromatic rings. The Balaban J connectivity index is 2.26. The maximum Gasteiger partial charge on any atom is 0.0314 e. The van der Waals surface area contributed by atoms with Gasteiger partial charge in [0.05, 0.1) is 0 Å². The highest BCUT2D eigenvalue weighted by Crippen LogP contribution is 2.33. The van der Waals surface area contributed by atoms with Crippen LogP contribution in [0.3, 0.4) is 0 Å². The van der Waals surface area contributed by atoms with E-state index in [1.54, 1.807) is 11.8 Å². The average Bonchev–Trinajstić information content (AvgIpc) is 2.22. The number of hydrogen-bond acceptors (Lipinski definition) is 1. The fraction of sp³-hybridized carbons (Fsp3) is 0. The lowest BCUT2D eigenvalue weighted by atomic mass is 10.4. The second kappa shape index (κ2) is 5.19. The zero-order valence-corrected chi connectivity index (χ0v) is 11.7. The molecule has 3 heteroatoms. The zero-order valence-electron chi connectivity index (χ0n) is 7.71.